The van der Waals surface area contributed by atoms with Crippen LogP contribution in [0.3, 0.4) is 0 Å². The molecule has 54 heavy (non-hydrogen) atoms. The molecular formula is C49H29N3OS. The van der Waals surface area contributed by atoms with Crippen molar-refractivity contribution in [2.24, 2.45) is 0 Å². The molecule has 8 aromatic carbocycles. The molecule has 4 nitrogen and oxygen atoms in total. The van der Waals surface area contributed by atoms with Gasteiger partial charge in [0.05, 0.1) is 12.3 Å². The van der Waals surface area contributed by atoms with Crippen molar-refractivity contribution in [2.45, 2.75) is 0 Å². The molecule has 0 aliphatic heterocycles. The summed E-state index contributed by atoms with van der Waals surface area (Å²) < 4.78 is 88.2. The van der Waals surface area contributed by atoms with E-state index in [0.29, 0.717) is 11.1 Å². The molecule has 0 N–H and O–H groups in total. The Morgan fingerprint density at radius 1 is 0.444 bits per heavy atom. The molecule has 11 rings (SSSR count). The summed E-state index contributed by atoms with van der Waals surface area (Å²) >= 11 is 1.64. The maximum Gasteiger partial charge on any atom is 0.164 e. The third kappa shape index (κ3) is 5.01. The SMILES string of the molecule is [2H]c1c([2H])c([2H])c2c(oc3c4c([2H])c([2H])c([2H])c([2H])c4c(-c4nc(-c5cccc(-c6ccccc6)c5)nc(-c5ccc6c(c5)sc5cccc(-c7ccccc7)c56)n4)c([2H])c32)c1[2H]. The zero-order valence-corrected chi connectivity index (χ0v) is 29.0. The van der Waals surface area contributed by atoms with Crippen molar-refractivity contribution >= 4 is 64.2 Å². The van der Waals surface area contributed by atoms with Crippen LogP contribution in [-0.2, 0) is 0 Å². The molecule has 252 valence electrons. The van der Waals surface area contributed by atoms with E-state index in [-0.39, 0.29) is 61.8 Å². The lowest BCUT2D eigenvalue weighted by molar-refractivity contribution is 0.672. The average molecular weight is 717 g/mol. The molecule has 0 atom stereocenters. The molecule has 0 aliphatic rings. The molecule has 0 bridgehead atoms. The number of thiophene rings is 1. The Balaban J connectivity index is 1.23. The Labute approximate surface area is 327 Å². The highest BCUT2D eigenvalue weighted by molar-refractivity contribution is 7.26. The van der Waals surface area contributed by atoms with Crippen LogP contribution in [0.1, 0.15) is 12.3 Å². The van der Waals surface area contributed by atoms with Gasteiger partial charge in [-0.15, -0.1) is 11.3 Å². The van der Waals surface area contributed by atoms with Crippen LogP contribution in [0.25, 0.3) is 109 Å². The van der Waals surface area contributed by atoms with Crippen LogP contribution in [0.2, 0.25) is 0 Å². The number of fused-ring (bicyclic) bond motifs is 8. The summed E-state index contributed by atoms with van der Waals surface area (Å²) in [7, 11) is 0. The highest BCUT2D eigenvalue weighted by Gasteiger charge is 2.20. The maximum absolute atomic E-state index is 9.83. The van der Waals surface area contributed by atoms with Crippen molar-refractivity contribution < 1.29 is 16.8 Å². The van der Waals surface area contributed by atoms with Crippen molar-refractivity contribution in [1.82, 2.24) is 15.0 Å². The second kappa shape index (κ2) is 12.3. The predicted molar refractivity (Wildman–Crippen MR) is 225 cm³/mol. The predicted octanol–water partition coefficient (Wildman–Crippen LogP) is 13.6. The second-order valence-corrected chi connectivity index (χ2v) is 14.0. The summed E-state index contributed by atoms with van der Waals surface area (Å²) in [5.74, 6) is 0.415. The molecule has 0 saturated heterocycles. The van der Waals surface area contributed by atoms with Crippen molar-refractivity contribution in [3.8, 4) is 56.4 Å². The van der Waals surface area contributed by atoms with Crippen LogP contribution in [0.5, 0.6) is 0 Å². The van der Waals surface area contributed by atoms with Gasteiger partial charge in [-0.3, -0.25) is 0 Å². The largest absolute Gasteiger partial charge is 0.455 e. The first-order valence-corrected chi connectivity index (χ1v) is 18.1. The molecule has 0 spiro atoms. The number of rotatable bonds is 5. The fraction of sp³-hybridized carbons (Fsp3) is 0. The Morgan fingerprint density at radius 3 is 1.91 bits per heavy atom. The number of nitrogens with zero attached hydrogens (tertiary/aromatic N) is 3. The molecule has 0 saturated carbocycles. The highest BCUT2D eigenvalue weighted by atomic mass is 32.1. The Hall–Kier alpha value is -6.95. The molecular weight excluding hydrogens is 679 g/mol. The van der Waals surface area contributed by atoms with Crippen LogP contribution in [0, 0.1) is 0 Å². The molecule has 0 radical (unpaired) electrons. The topological polar surface area (TPSA) is 51.8 Å². The van der Waals surface area contributed by atoms with Gasteiger partial charge in [-0.2, -0.15) is 0 Å². The minimum absolute atomic E-state index is 0.0555. The maximum atomic E-state index is 9.83. The van der Waals surface area contributed by atoms with E-state index in [0.717, 1.165) is 42.4 Å². The Kier molecular flexibility index (Phi) is 5.22. The van der Waals surface area contributed by atoms with Crippen molar-refractivity contribution in [1.29, 1.82) is 0 Å². The number of hydrogen-bond donors (Lipinski definition) is 0. The van der Waals surface area contributed by atoms with E-state index in [1.807, 2.05) is 91.0 Å². The zero-order chi connectivity index (χ0) is 43.4. The summed E-state index contributed by atoms with van der Waals surface area (Å²) in [6.07, 6.45) is 0. The molecule has 5 heteroatoms. The van der Waals surface area contributed by atoms with E-state index in [2.05, 4.69) is 30.3 Å². The molecule has 0 unspecified atom stereocenters. The van der Waals surface area contributed by atoms with Crippen molar-refractivity contribution in [2.75, 3.05) is 0 Å². The van der Waals surface area contributed by atoms with Gasteiger partial charge >= 0.3 is 0 Å². The lowest BCUT2D eigenvalue weighted by Gasteiger charge is -2.12. The molecule has 3 heterocycles. The van der Waals surface area contributed by atoms with Gasteiger partial charge in [-0.05, 0) is 57.9 Å². The van der Waals surface area contributed by atoms with E-state index in [1.54, 1.807) is 11.3 Å². The van der Waals surface area contributed by atoms with E-state index in [4.69, 9.17) is 29.0 Å². The lowest BCUT2D eigenvalue weighted by Crippen LogP contribution is -2.01. The molecule has 3 aromatic heterocycles. The molecule has 0 fully saturated rings. The third-order valence-electron chi connectivity index (χ3n) is 9.68. The number of hydrogen-bond acceptors (Lipinski definition) is 5. The van der Waals surface area contributed by atoms with Crippen molar-refractivity contribution in [3.63, 3.8) is 0 Å². The van der Waals surface area contributed by atoms with E-state index in [9.17, 15) is 2.74 Å². The first-order chi connectivity index (χ1) is 30.5. The standard InChI is InChI=1S/C49H29N3OS/c1-3-13-30(14-4-1)32-17-11-18-33(27-32)47-50-48(34-25-26-39-44(28-34)54-43-24-12-22-35(45(39)43)31-15-5-2-6-16-31)52-49(51-47)41-29-40-37-20-9-10-23-42(37)53-46(40)38-21-8-7-19-36(38)41/h1-29H/i7D,8D,9D,10D,19D,20D,21D,23D,29D. The molecule has 0 aliphatic carbocycles. The van der Waals surface area contributed by atoms with Gasteiger partial charge in [0.15, 0.2) is 17.5 Å². The minimum Gasteiger partial charge on any atom is -0.455 e. The van der Waals surface area contributed by atoms with Crippen LogP contribution >= 0.6 is 11.3 Å². The second-order valence-electron chi connectivity index (χ2n) is 12.9. The van der Waals surface area contributed by atoms with Gasteiger partial charge in [0.1, 0.15) is 11.2 Å². The van der Waals surface area contributed by atoms with Crippen LogP contribution in [-0.4, -0.2) is 15.0 Å². The Morgan fingerprint density at radius 2 is 1.09 bits per heavy atom. The first-order valence-electron chi connectivity index (χ1n) is 21.8. The van der Waals surface area contributed by atoms with Gasteiger partial charge in [0.2, 0.25) is 0 Å². The van der Waals surface area contributed by atoms with Gasteiger partial charge < -0.3 is 4.42 Å². The monoisotopic (exact) mass is 716 g/mol. The van der Waals surface area contributed by atoms with Gasteiger partial charge in [0.25, 0.3) is 0 Å². The fourth-order valence-corrected chi connectivity index (χ4v) is 8.35. The summed E-state index contributed by atoms with van der Waals surface area (Å²) in [6, 6.07) is 35.7. The third-order valence-corrected chi connectivity index (χ3v) is 10.8. The zero-order valence-electron chi connectivity index (χ0n) is 37.2. The highest BCUT2D eigenvalue weighted by Crippen LogP contribution is 2.43. The first kappa shape index (κ1) is 22.9. The van der Waals surface area contributed by atoms with Gasteiger partial charge in [0, 0.05) is 53.0 Å². The van der Waals surface area contributed by atoms with Gasteiger partial charge in [-0.25, -0.2) is 15.0 Å². The Bertz CT molecular complexity index is 3740. The molecule has 0 amide bonds. The van der Waals surface area contributed by atoms with Crippen molar-refractivity contribution in [3.05, 3.63) is 176 Å². The lowest BCUT2D eigenvalue weighted by atomic mass is 9.99. The quantitative estimate of drug-likeness (QED) is 0.178. The number of benzene rings is 8. The fourth-order valence-electron chi connectivity index (χ4n) is 7.18. The number of furan rings is 1. The summed E-state index contributed by atoms with van der Waals surface area (Å²) in [4.78, 5) is 15.0. The molecule has 11 aromatic rings. The van der Waals surface area contributed by atoms with Crippen LogP contribution in [0.4, 0.5) is 0 Å². The van der Waals surface area contributed by atoms with E-state index < -0.39 is 48.3 Å². The van der Waals surface area contributed by atoms with Gasteiger partial charge in [-0.1, -0.05) is 145 Å². The summed E-state index contributed by atoms with van der Waals surface area (Å²) in [5, 5.41) is 1.84. The van der Waals surface area contributed by atoms with Crippen LogP contribution < -0.4 is 0 Å². The average Bonchev–Trinajstić information content (AvgIpc) is 3.91. The van der Waals surface area contributed by atoms with E-state index >= 15 is 0 Å². The number of aromatic nitrogens is 3. The smallest absolute Gasteiger partial charge is 0.164 e. The number of para-hydroxylation sites is 1. The van der Waals surface area contributed by atoms with E-state index in [1.165, 1.54) is 0 Å². The van der Waals surface area contributed by atoms with Crippen LogP contribution in [0.15, 0.2) is 180 Å². The summed E-state index contributed by atoms with van der Waals surface area (Å²) in [5.41, 5.74) is 4.88. The minimum atomic E-state index is -0.556. The normalized spacial score (nSPS) is 14.0. The summed E-state index contributed by atoms with van der Waals surface area (Å²) in [6.45, 7) is 0.